The second-order valence-corrected chi connectivity index (χ2v) is 0. The van der Waals surface area contributed by atoms with Crippen LogP contribution in [0.2, 0.25) is 0 Å². The zero-order valence-corrected chi connectivity index (χ0v) is 5.86. The molecule has 0 aromatic heterocycles. The molecule has 0 heterocycles. The molecule has 0 bridgehead atoms. The van der Waals surface area contributed by atoms with Crippen molar-refractivity contribution in [2.75, 3.05) is 0 Å². The molecule has 0 amide bonds. The molecule has 0 fully saturated rings. The third kappa shape index (κ3) is 108. The van der Waals surface area contributed by atoms with Gasteiger partial charge in [-0.05, 0) is 0 Å². The quantitative estimate of drug-likeness (QED) is 0.301. The maximum Gasteiger partial charge on any atom is 1.00 e. The molecule has 0 saturated carbocycles. The first-order chi connectivity index (χ1) is 0. The van der Waals surface area contributed by atoms with E-state index in [0.29, 0.717) is 0 Å². The van der Waals surface area contributed by atoms with Crippen molar-refractivity contribution in [3.63, 3.8) is 0 Å². The van der Waals surface area contributed by atoms with Gasteiger partial charge in [0, 0.05) is 0 Å². The van der Waals surface area contributed by atoms with Crippen molar-refractivity contribution >= 4 is 0 Å². The fourth-order valence-corrected chi connectivity index (χ4v) is 0. The summed E-state index contributed by atoms with van der Waals surface area (Å²) in [5.74, 6) is 0. The minimum absolute atomic E-state index is 0. The van der Waals surface area contributed by atoms with Crippen molar-refractivity contribution < 1.29 is 46.0 Å². The first-order valence-electron chi connectivity index (χ1n) is 0. The van der Waals surface area contributed by atoms with E-state index in [0.717, 1.165) is 0 Å². The van der Waals surface area contributed by atoms with Gasteiger partial charge in [0.25, 0.3) is 0 Å². The van der Waals surface area contributed by atoms with Crippen molar-refractivity contribution in [3.05, 3.63) is 0 Å². The molecule has 11 N–H and O–H groups in total. The Morgan fingerprint density at radius 3 is 0.667 bits per heavy atom. The van der Waals surface area contributed by atoms with Crippen LogP contribution < -0.4 is 41.9 Å². The number of rotatable bonds is 0. The summed E-state index contributed by atoms with van der Waals surface area (Å²) in [7, 11) is 0. The normalized spacial score (nSPS) is 0. The second kappa shape index (κ2) is 209. The molecule has 0 spiro atoms. The van der Waals surface area contributed by atoms with Gasteiger partial charge in [0.1, 0.15) is 0 Å². The summed E-state index contributed by atoms with van der Waals surface area (Å²) < 4.78 is 0. The van der Waals surface area contributed by atoms with Crippen LogP contribution >= 0.6 is 0 Å². The largest absolute Gasteiger partial charge is 1.00 e. The Morgan fingerprint density at radius 1 is 0.667 bits per heavy atom. The van der Waals surface area contributed by atoms with Gasteiger partial charge < -0.3 is 28.7 Å². The van der Waals surface area contributed by atoms with Gasteiger partial charge in [0.15, 0.2) is 0 Å². The summed E-state index contributed by atoms with van der Waals surface area (Å²) in [6.07, 6.45) is 0. The minimum atomic E-state index is 0. The zero-order valence-electron chi connectivity index (χ0n) is 3.86. The van der Waals surface area contributed by atoms with Gasteiger partial charge >= 0.3 is 29.6 Å². The molecule has 6 heavy (non-hydrogen) atoms. The molecule has 0 aliphatic rings. The van der Waals surface area contributed by atoms with E-state index in [1.165, 1.54) is 0 Å². The second-order valence-electron chi connectivity index (χ2n) is 0. The molecule has 0 atom stereocenters. The average Bonchev–Trinajstić information content (AvgIpc) is 0. The summed E-state index contributed by atoms with van der Waals surface area (Å²) in [6, 6.07) is 0. The average molecular weight is 110 g/mol. The summed E-state index contributed by atoms with van der Waals surface area (Å²) in [5.41, 5.74) is 0. The maximum absolute atomic E-state index is 0. The van der Waals surface area contributed by atoms with Gasteiger partial charge in [-0.1, -0.05) is 0 Å². The summed E-state index contributed by atoms with van der Waals surface area (Å²) >= 11 is 0. The molecular weight excluding hydrogens is 99.0 g/mol. The Balaban J connectivity index is 0. The smallest absolute Gasteiger partial charge is 0.870 e. The molecule has 0 aliphatic heterocycles. The monoisotopic (exact) mass is 110 g/mol. The third-order valence-electron chi connectivity index (χ3n) is 0. The molecule has 0 unspecified atom stereocenters. The number of hydrogen-bond acceptors (Lipinski definition) is 3. The van der Waals surface area contributed by atoms with Crippen LogP contribution in [0, 0.1) is 0 Å². The van der Waals surface area contributed by atoms with Crippen molar-refractivity contribution in [2.45, 2.75) is 0 Å². The first-order valence-corrected chi connectivity index (χ1v) is 0. The van der Waals surface area contributed by atoms with E-state index in [1.54, 1.807) is 0 Å². The van der Waals surface area contributed by atoms with Gasteiger partial charge in [-0.3, -0.25) is 0 Å². The van der Waals surface area contributed by atoms with Crippen LogP contribution in [0.1, 0.15) is 0 Å². The SMILES string of the molecule is N.N.O.O.[Na+].[OH-]. The van der Waals surface area contributed by atoms with E-state index < -0.39 is 0 Å². The van der Waals surface area contributed by atoms with Gasteiger partial charge in [0.2, 0.25) is 0 Å². The molecule has 5 nitrogen and oxygen atoms in total. The fourth-order valence-electron chi connectivity index (χ4n) is 0. The minimum Gasteiger partial charge on any atom is -0.870 e. The van der Waals surface area contributed by atoms with E-state index in [4.69, 9.17) is 0 Å². The van der Waals surface area contributed by atoms with Crippen LogP contribution in [0.5, 0.6) is 0 Å². The Morgan fingerprint density at radius 2 is 0.667 bits per heavy atom. The predicted octanol–water partition coefficient (Wildman–Crippen LogP) is -4.50. The molecule has 0 aliphatic carbocycles. The van der Waals surface area contributed by atoms with Gasteiger partial charge in [-0.2, -0.15) is 0 Å². The van der Waals surface area contributed by atoms with E-state index >= 15 is 0 Å². The molecule has 6 heteroatoms. The van der Waals surface area contributed by atoms with Gasteiger partial charge in [0.05, 0.1) is 0 Å². The van der Waals surface area contributed by atoms with E-state index in [9.17, 15) is 0 Å². The third-order valence-corrected chi connectivity index (χ3v) is 0. The van der Waals surface area contributed by atoms with Crippen molar-refractivity contribution in [1.82, 2.24) is 12.3 Å². The fraction of sp³-hybridized carbons (Fsp3) is 0. The first kappa shape index (κ1) is 357. The predicted molar refractivity (Wildman–Crippen MR) is 19.2 cm³/mol. The number of hydrogen-bond donors (Lipinski definition) is 2. The summed E-state index contributed by atoms with van der Waals surface area (Å²) in [5, 5.41) is 0. The van der Waals surface area contributed by atoms with Crippen LogP contribution in [-0.4, -0.2) is 16.4 Å². The van der Waals surface area contributed by atoms with Gasteiger partial charge in [-0.15, -0.1) is 0 Å². The van der Waals surface area contributed by atoms with E-state index in [2.05, 4.69) is 0 Å². The van der Waals surface area contributed by atoms with Crippen LogP contribution in [0.15, 0.2) is 0 Å². The Labute approximate surface area is 58.5 Å². The molecule has 0 radical (unpaired) electrons. The van der Waals surface area contributed by atoms with E-state index in [1.807, 2.05) is 0 Å². The molecule has 0 aromatic carbocycles. The summed E-state index contributed by atoms with van der Waals surface area (Å²) in [4.78, 5) is 0. The molecule has 0 aromatic rings. The Bertz CT molecular complexity index is 8.75. The van der Waals surface area contributed by atoms with E-state index in [-0.39, 0.29) is 58.3 Å². The molecular formula is H11N2NaO3. The standard InChI is InChI=1S/2H3N.Na.3H2O/h2*1H3;;3*1H2/q;;+1;;;/p-1. The maximum atomic E-state index is 0. The molecule has 0 rings (SSSR count). The Hall–Kier alpha value is 0.800. The Kier molecular flexibility index (Phi) is 12400. The topological polar surface area (TPSA) is 163 Å². The molecule has 40 valence electrons. The van der Waals surface area contributed by atoms with Crippen LogP contribution in [0.25, 0.3) is 0 Å². The van der Waals surface area contributed by atoms with Crippen molar-refractivity contribution in [3.8, 4) is 0 Å². The zero-order chi connectivity index (χ0) is 0. The van der Waals surface area contributed by atoms with Crippen molar-refractivity contribution in [1.29, 1.82) is 0 Å². The molecule has 0 saturated heterocycles. The van der Waals surface area contributed by atoms with Crippen LogP contribution in [0.4, 0.5) is 0 Å². The van der Waals surface area contributed by atoms with Crippen LogP contribution in [0.3, 0.4) is 0 Å². The summed E-state index contributed by atoms with van der Waals surface area (Å²) in [6.45, 7) is 0. The van der Waals surface area contributed by atoms with Crippen LogP contribution in [-0.2, 0) is 0 Å². The van der Waals surface area contributed by atoms with Gasteiger partial charge in [-0.25, -0.2) is 0 Å². The van der Waals surface area contributed by atoms with Crippen molar-refractivity contribution in [2.24, 2.45) is 0 Å².